The van der Waals surface area contributed by atoms with Crippen molar-refractivity contribution in [3.63, 3.8) is 0 Å². The molecule has 120 valence electrons. The maximum atomic E-state index is 13.7. The highest BCUT2D eigenvalue weighted by atomic mass is 79.9. The monoisotopic (exact) mass is 380 g/mol. The molecule has 8 heteroatoms. The average molecular weight is 381 g/mol. The fourth-order valence-electron chi connectivity index (χ4n) is 2.07. The van der Waals surface area contributed by atoms with Crippen LogP contribution in [0.5, 0.6) is 0 Å². The van der Waals surface area contributed by atoms with Crippen LogP contribution in [-0.2, 0) is 11.4 Å². The zero-order valence-corrected chi connectivity index (χ0v) is 13.4. The topological polar surface area (TPSA) is 26.5 Å². The van der Waals surface area contributed by atoms with E-state index in [1.54, 1.807) is 0 Å². The lowest BCUT2D eigenvalue weighted by atomic mass is 10.1. The molecule has 0 aliphatic heterocycles. The molecule has 0 aliphatic rings. The van der Waals surface area contributed by atoms with Crippen molar-refractivity contribution >= 4 is 33.0 Å². The highest BCUT2D eigenvalue weighted by Crippen LogP contribution is 2.31. The molecule has 0 saturated heterocycles. The van der Waals surface area contributed by atoms with Crippen molar-refractivity contribution < 1.29 is 22.4 Å². The largest absolute Gasteiger partial charge is 0.399 e. The Morgan fingerprint density at radius 3 is 2.68 bits per heavy atom. The molecule has 22 heavy (non-hydrogen) atoms. The summed E-state index contributed by atoms with van der Waals surface area (Å²) in [6.07, 6.45) is -1.46. The first-order valence-electron chi connectivity index (χ1n) is 6.35. The maximum absolute atomic E-state index is 13.7. The van der Waals surface area contributed by atoms with Gasteiger partial charge in [0.15, 0.2) is 0 Å². The van der Waals surface area contributed by atoms with Crippen molar-refractivity contribution in [2.24, 2.45) is 11.1 Å². The summed E-state index contributed by atoms with van der Waals surface area (Å²) in [5.41, 5.74) is 0.972. The van der Waals surface area contributed by atoms with Gasteiger partial charge in [0.2, 0.25) is 0 Å². The fourth-order valence-corrected chi connectivity index (χ4v) is 2.41. The van der Waals surface area contributed by atoms with Gasteiger partial charge in [-0.3, -0.25) is 0 Å². The highest BCUT2D eigenvalue weighted by Gasteiger charge is 2.36. The van der Waals surface area contributed by atoms with Crippen LogP contribution in [-0.4, -0.2) is 24.1 Å². The maximum Gasteiger partial charge on any atom is 0.393 e. The van der Waals surface area contributed by atoms with Crippen molar-refractivity contribution in [3.8, 4) is 0 Å². The molecule has 0 radical (unpaired) electrons. The van der Waals surface area contributed by atoms with Crippen LogP contribution in [0.3, 0.4) is 0 Å². The van der Waals surface area contributed by atoms with Crippen molar-refractivity contribution in [2.75, 3.05) is 7.11 Å². The first kappa shape index (κ1) is 16.8. The summed E-state index contributed by atoms with van der Waals surface area (Å²) in [5, 5.41) is 4.06. The van der Waals surface area contributed by atoms with Crippen LogP contribution >= 0.6 is 15.9 Å². The normalized spacial score (nSPS) is 14.0. The zero-order chi connectivity index (χ0) is 16.5. The first-order chi connectivity index (χ1) is 10.2. The summed E-state index contributed by atoms with van der Waals surface area (Å²) in [5.74, 6) is -2.03. The number of hydrogen-bond donors (Lipinski definition) is 0. The molecule has 0 fully saturated rings. The van der Waals surface area contributed by atoms with Gasteiger partial charge >= 0.3 is 6.18 Å². The molecule has 2 rings (SSSR count). The minimum absolute atomic E-state index is 0.189. The molecule has 1 aromatic carbocycles. The third-order valence-corrected chi connectivity index (χ3v) is 3.89. The van der Waals surface area contributed by atoms with E-state index in [0.29, 0.717) is 16.5 Å². The van der Waals surface area contributed by atoms with Crippen LogP contribution < -0.4 is 0 Å². The van der Waals surface area contributed by atoms with Gasteiger partial charge in [0, 0.05) is 23.7 Å². The predicted molar refractivity (Wildman–Crippen MR) is 79.4 cm³/mol. The Balaban J connectivity index is 2.54. The van der Waals surface area contributed by atoms with Crippen molar-refractivity contribution in [1.82, 2.24) is 4.57 Å². The smallest absolute Gasteiger partial charge is 0.393 e. The highest BCUT2D eigenvalue weighted by molar-refractivity contribution is 9.10. The first-order valence-corrected chi connectivity index (χ1v) is 7.14. The molecule has 1 atom stereocenters. The van der Waals surface area contributed by atoms with E-state index in [1.165, 1.54) is 36.2 Å². The second-order valence-electron chi connectivity index (χ2n) is 4.88. The number of aromatic nitrogens is 1. The van der Waals surface area contributed by atoms with Crippen LogP contribution in [0.25, 0.3) is 10.9 Å². The number of rotatable bonds is 4. The number of benzene rings is 1. The van der Waals surface area contributed by atoms with E-state index in [0.717, 1.165) is 6.92 Å². The van der Waals surface area contributed by atoms with Crippen LogP contribution in [0.15, 0.2) is 28.0 Å². The summed E-state index contributed by atoms with van der Waals surface area (Å²) < 4.78 is 53.6. The average Bonchev–Trinajstić information content (AvgIpc) is 2.74. The van der Waals surface area contributed by atoms with Gasteiger partial charge in [-0.05, 0) is 28.1 Å². The molecule has 0 N–H and O–H groups in total. The number of hydrogen-bond acceptors (Lipinski definition) is 2. The van der Waals surface area contributed by atoms with Gasteiger partial charge in [0.1, 0.15) is 12.9 Å². The SMILES string of the molecule is CO/N=C/c1cn(CC(C)C(F)(F)F)c2cc(Br)c(F)cc12. The van der Waals surface area contributed by atoms with Crippen LogP contribution in [0.1, 0.15) is 12.5 Å². The van der Waals surface area contributed by atoms with Crippen molar-refractivity contribution in [3.05, 3.63) is 34.2 Å². The van der Waals surface area contributed by atoms with Crippen LogP contribution in [0.4, 0.5) is 17.6 Å². The molecule has 1 unspecified atom stereocenters. The molecule has 2 aromatic rings. The van der Waals surface area contributed by atoms with Gasteiger partial charge in [0.05, 0.1) is 22.1 Å². The van der Waals surface area contributed by atoms with Crippen LogP contribution in [0.2, 0.25) is 0 Å². The van der Waals surface area contributed by atoms with Crippen molar-refractivity contribution in [1.29, 1.82) is 0 Å². The molecule has 0 aliphatic carbocycles. The van der Waals surface area contributed by atoms with E-state index < -0.39 is 17.9 Å². The molecule has 1 aromatic heterocycles. The third-order valence-electron chi connectivity index (χ3n) is 3.28. The zero-order valence-electron chi connectivity index (χ0n) is 11.8. The summed E-state index contributed by atoms with van der Waals surface area (Å²) in [7, 11) is 1.35. The molecule has 1 heterocycles. The molecule has 0 spiro atoms. The van der Waals surface area contributed by atoms with Gasteiger partial charge < -0.3 is 9.40 Å². The van der Waals surface area contributed by atoms with Gasteiger partial charge in [-0.15, -0.1) is 0 Å². The van der Waals surface area contributed by atoms with E-state index in [2.05, 4.69) is 25.9 Å². The van der Waals surface area contributed by atoms with Gasteiger partial charge in [0.25, 0.3) is 0 Å². The van der Waals surface area contributed by atoms with Gasteiger partial charge in [-0.1, -0.05) is 12.1 Å². The molecule has 3 nitrogen and oxygen atoms in total. The standard InChI is InChI=1S/C14H13BrF4N2O/c1-8(14(17,18)19)6-21-7-9(5-20-22-2)10-3-12(16)11(15)4-13(10)21/h3-5,7-8H,6H2,1-2H3/b20-5+. The van der Waals surface area contributed by atoms with Gasteiger partial charge in [-0.2, -0.15) is 13.2 Å². The van der Waals surface area contributed by atoms with E-state index >= 15 is 0 Å². The number of halogens is 5. The van der Waals surface area contributed by atoms with E-state index in [4.69, 9.17) is 0 Å². The summed E-state index contributed by atoms with van der Waals surface area (Å²) in [6, 6.07) is 2.71. The lowest BCUT2D eigenvalue weighted by Crippen LogP contribution is -2.24. The van der Waals surface area contributed by atoms with E-state index in [9.17, 15) is 17.6 Å². The molecule has 0 saturated carbocycles. The summed E-state index contributed by atoms with van der Waals surface area (Å²) >= 11 is 3.05. The molecular formula is C14H13BrF4N2O. The molecular weight excluding hydrogens is 368 g/mol. The lowest BCUT2D eigenvalue weighted by Gasteiger charge is -2.16. The minimum Gasteiger partial charge on any atom is -0.399 e. The van der Waals surface area contributed by atoms with Crippen molar-refractivity contribution in [2.45, 2.75) is 19.6 Å². The Morgan fingerprint density at radius 1 is 1.41 bits per heavy atom. The number of nitrogens with zero attached hydrogens (tertiary/aromatic N) is 2. The van der Waals surface area contributed by atoms with E-state index in [1.807, 2.05) is 0 Å². The number of alkyl halides is 3. The molecule has 0 bridgehead atoms. The van der Waals surface area contributed by atoms with Crippen LogP contribution in [0, 0.1) is 11.7 Å². The number of oxime groups is 1. The second kappa shape index (κ2) is 6.28. The fraction of sp³-hybridized carbons (Fsp3) is 0.357. The quantitative estimate of drug-likeness (QED) is 0.428. The number of fused-ring (bicyclic) bond motifs is 1. The summed E-state index contributed by atoms with van der Waals surface area (Å²) in [6.45, 7) is 0.839. The lowest BCUT2D eigenvalue weighted by molar-refractivity contribution is -0.172. The third kappa shape index (κ3) is 3.43. The van der Waals surface area contributed by atoms with E-state index in [-0.39, 0.29) is 11.0 Å². The Hall–Kier alpha value is -1.57. The predicted octanol–water partition coefficient (Wildman–Crippen LogP) is 4.72. The van der Waals surface area contributed by atoms with Gasteiger partial charge in [-0.25, -0.2) is 4.39 Å². The summed E-state index contributed by atoms with van der Waals surface area (Å²) in [4.78, 5) is 4.57. The Labute approximate surface area is 132 Å². The Morgan fingerprint density at radius 2 is 2.09 bits per heavy atom. The Bertz CT molecular complexity index is 709. The Kier molecular flexibility index (Phi) is 4.79. The minimum atomic E-state index is -4.30. The second-order valence-corrected chi connectivity index (χ2v) is 5.73. The molecule has 0 amide bonds.